The maximum atomic E-state index is 12.6. The summed E-state index contributed by atoms with van der Waals surface area (Å²) in [5.41, 5.74) is 6.47. The van der Waals surface area contributed by atoms with E-state index in [4.69, 9.17) is 0 Å². The Morgan fingerprint density at radius 1 is 0.885 bits per heavy atom. The Bertz CT molecular complexity index is 917. The predicted molar refractivity (Wildman–Crippen MR) is 106 cm³/mol. The van der Waals surface area contributed by atoms with Crippen LogP contribution in [-0.4, -0.2) is 24.4 Å². The SMILES string of the molecule is CN1CCc2ccc(NC(=O)c3ccc(-c4ccccc4)cc3)cc2C1. The highest BCUT2D eigenvalue weighted by atomic mass is 16.1. The Labute approximate surface area is 154 Å². The molecule has 0 atom stereocenters. The Balaban J connectivity index is 1.49. The van der Waals surface area contributed by atoms with Gasteiger partial charge in [-0.25, -0.2) is 0 Å². The van der Waals surface area contributed by atoms with Gasteiger partial charge in [-0.2, -0.15) is 0 Å². The topological polar surface area (TPSA) is 32.3 Å². The zero-order chi connectivity index (χ0) is 17.9. The normalized spacial score (nSPS) is 13.9. The molecule has 3 nitrogen and oxygen atoms in total. The standard InChI is InChI=1S/C23H22N2O/c1-25-14-13-19-11-12-22(15-21(19)16-25)24-23(26)20-9-7-18(8-10-20)17-5-3-2-4-6-17/h2-12,15H,13-14,16H2,1H3,(H,24,26). The van der Waals surface area contributed by atoms with Crippen molar-refractivity contribution in [2.24, 2.45) is 0 Å². The highest BCUT2D eigenvalue weighted by molar-refractivity contribution is 6.04. The minimum Gasteiger partial charge on any atom is -0.322 e. The molecule has 1 N–H and O–H groups in total. The van der Waals surface area contributed by atoms with Gasteiger partial charge in [-0.1, -0.05) is 48.5 Å². The van der Waals surface area contributed by atoms with E-state index in [2.05, 4.69) is 41.5 Å². The second kappa shape index (κ2) is 7.14. The summed E-state index contributed by atoms with van der Waals surface area (Å²) in [5.74, 6) is -0.0753. The van der Waals surface area contributed by atoms with E-state index in [-0.39, 0.29) is 5.91 Å². The summed E-state index contributed by atoms with van der Waals surface area (Å²) < 4.78 is 0. The molecular weight excluding hydrogens is 320 g/mol. The van der Waals surface area contributed by atoms with Crippen molar-refractivity contribution in [1.29, 1.82) is 0 Å². The Morgan fingerprint density at radius 3 is 2.38 bits per heavy atom. The van der Waals surface area contributed by atoms with E-state index >= 15 is 0 Å². The number of fused-ring (bicyclic) bond motifs is 1. The number of nitrogens with zero attached hydrogens (tertiary/aromatic N) is 1. The summed E-state index contributed by atoms with van der Waals surface area (Å²) in [6.07, 6.45) is 1.07. The number of benzene rings is 3. The zero-order valence-corrected chi connectivity index (χ0v) is 14.9. The molecule has 26 heavy (non-hydrogen) atoms. The van der Waals surface area contributed by atoms with Crippen molar-refractivity contribution in [2.75, 3.05) is 18.9 Å². The van der Waals surface area contributed by atoms with Crippen LogP contribution in [0.2, 0.25) is 0 Å². The van der Waals surface area contributed by atoms with Crippen molar-refractivity contribution in [3.63, 3.8) is 0 Å². The Morgan fingerprint density at radius 2 is 1.62 bits per heavy atom. The van der Waals surface area contributed by atoms with E-state index in [0.717, 1.165) is 36.3 Å². The molecule has 3 heteroatoms. The van der Waals surface area contributed by atoms with Crippen LogP contribution in [0.25, 0.3) is 11.1 Å². The highest BCUT2D eigenvalue weighted by Gasteiger charge is 2.14. The first-order valence-electron chi connectivity index (χ1n) is 8.96. The van der Waals surface area contributed by atoms with Crippen LogP contribution in [0.4, 0.5) is 5.69 Å². The van der Waals surface area contributed by atoms with Gasteiger partial charge in [-0.15, -0.1) is 0 Å². The lowest BCUT2D eigenvalue weighted by Crippen LogP contribution is -2.26. The summed E-state index contributed by atoms with van der Waals surface area (Å²) in [6, 6.07) is 24.1. The van der Waals surface area contributed by atoms with Crippen LogP contribution in [0.3, 0.4) is 0 Å². The van der Waals surface area contributed by atoms with Gasteiger partial charge in [0.2, 0.25) is 0 Å². The number of hydrogen-bond acceptors (Lipinski definition) is 2. The maximum Gasteiger partial charge on any atom is 0.255 e. The smallest absolute Gasteiger partial charge is 0.255 e. The van der Waals surface area contributed by atoms with Crippen LogP contribution in [0.5, 0.6) is 0 Å². The first-order valence-corrected chi connectivity index (χ1v) is 8.96. The summed E-state index contributed by atoms with van der Waals surface area (Å²) in [4.78, 5) is 14.9. The molecule has 130 valence electrons. The number of anilines is 1. The summed E-state index contributed by atoms with van der Waals surface area (Å²) >= 11 is 0. The molecule has 0 saturated heterocycles. The van der Waals surface area contributed by atoms with E-state index in [1.165, 1.54) is 11.1 Å². The van der Waals surface area contributed by atoms with Gasteiger partial charge in [0.15, 0.2) is 0 Å². The molecule has 0 unspecified atom stereocenters. The Kier molecular flexibility index (Phi) is 4.55. The highest BCUT2D eigenvalue weighted by Crippen LogP contribution is 2.23. The fourth-order valence-electron chi connectivity index (χ4n) is 3.42. The van der Waals surface area contributed by atoms with Crippen molar-refractivity contribution in [3.8, 4) is 11.1 Å². The van der Waals surface area contributed by atoms with E-state index in [0.29, 0.717) is 5.56 Å². The van der Waals surface area contributed by atoms with Crippen LogP contribution in [0.15, 0.2) is 72.8 Å². The van der Waals surface area contributed by atoms with Gasteiger partial charge in [0.05, 0.1) is 0 Å². The average Bonchev–Trinajstić information content (AvgIpc) is 2.68. The molecule has 0 fully saturated rings. The quantitative estimate of drug-likeness (QED) is 0.755. The van der Waals surface area contributed by atoms with Crippen LogP contribution >= 0.6 is 0 Å². The van der Waals surface area contributed by atoms with Crippen molar-refractivity contribution in [3.05, 3.63) is 89.5 Å². The fourth-order valence-corrected chi connectivity index (χ4v) is 3.42. The molecule has 1 aliphatic rings. The minimum absolute atomic E-state index is 0.0753. The fraction of sp³-hybridized carbons (Fsp3) is 0.174. The summed E-state index contributed by atoms with van der Waals surface area (Å²) in [6.45, 7) is 2.03. The average molecular weight is 342 g/mol. The van der Waals surface area contributed by atoms with Crippen molar-refractivity contribution in [2.45, 2.75) is 13.0 Å². The molecule has 1 heterocycles. The van der Waals surface area contributed by atoms with Crippen molar-refractivity contribution in [1.82, 2.24) is 4.90 Å². The first kappa shape index (κ1) is 16.6. The van der Waals surface area contributed by atoms with Gasteiger partial charge in [0, 0.05) is 24.3 Å². The van der Waals surface area contributed by atoms with Gasteiger partial charge < -0.3 is 10.2 Å². The monoisotopic (exact) mass is 342 g/mol. The van der Waals surface area contributed by atoms with E-state index in [1.54, 1.807) is 0 Å². The zero-order valence-electron chi connectivity index (χ0n) is 14.9. The molecular formula is C23H22N2O. The molecule has 0 aromatic heterocycles. The van der Waals surface area contributed by atoms with E-state index in [1.807, 2.05) is 48.5 Å². The van der Waals surface area contributed by atoms with Crippen LogP contribution in [0.1, 0.15) is 21.5 Å². The third kappa shape index (κ3) is 3.53. The van der Waals surface area contributed by atoms with Crippen molar-refractivity contribution >= 4 is 11.6 Å². The van der Waals surface area contributed by atoms with Gasteiger partial charge in [-0.3, -0.25) is 4.79 Å². The molecule has 0 aliphatic carbocycles. The maximum absolute atomic E-state index is 12.6. The lowest BCUT2D eigenvalue weighted by molar-refractivity contribution is 0.102. The summed E-state index contributed by atoms with van der Waals surface area (Å²) in [5, 5.41) is 3.02. The number of amides is 1. The molecule has 0 spiro atoms. The molecule has 3 aromatic rings. The number of hydrogen-bond donors (Lipinski definition) is 1. The van der Waals surface area contributed by atoms with E-state index in [9.17, 15) is 4.79 Å². The third-order valence-corrected chi connectivity index (χ3v) is 4.92. The first-order chi connectivity index (χ1) is 12.7. The molecule has 1 aliphatic heterocycles. The molecule has 0 saturated carbocycles. The van der Waals surface area contributed by atoms with E-state index < -0.39 is 0 Å². The number of likely N-dealkylation sites (N-methyl/N-ethyl adjacent to an activating group) is 1. The van der Waals surface area contributed by atoms with Crippen molar-refractivity contribution < 1.29 is 4.79 Å². The molecule has 3 aromatic carbocycles. The van der Waals surface area contributed by atoms with Crippen LogP contribution < -0.4 is 5.32 Å². The lowest BCUT2D eigenvalue weighted by atomic mass is 9.99. The molecule has 1 amide bonds. The van der Waals surface area contributed by atoms with Crippen LogP contribution in [-0.2, 0) is 13.0 Å². The number of carbonyl (C=O) groups excluding carboxylic acids is 1. The van der Waals surface area contributed by atoms with Gasteiger partial charge >= 0.3 is 0 Å². The van der Waals surface area contributed by atoms with Gasteiger partial charge in [0.25, 0.3) is 5.91 Å². The molecule has 4 rings (SSSR count). The molecule has 0 radical (unpaired) electrons. The largest absolute Gasteiger partial charge is 0.322 e. The number of rotatable bonds is 3. The molecule has 0 bridgehead atoms. The summed E-state index contributed by atoms with van der Waals surface area (Å²) in [7, 11) is 2.13. The predicted octanol–water partition coefficient (Wildman–Crippen LogP) is 4.59. The third-order valence-electron chi connectivity index (χ3n) is 4.92. The minimum atomic E-state index is -0.0753. The number of carbonyl (C=O) groups is 1. The second-order valence-corrected chi connectivity index (χ2v) is 6.87. The second-order valence-electron chi connectivity index (χ2n) is 6.87. The van der Waals surface area contributed by atoms with Crippen LogP contribution in [0, 0.1) is 0 Å². The number of nitrogens with one attached hydrogen (secondary N) is 1. The lowest BCUT2D eigenvalue weighted by Gasteiger charge is -2.25. The Hall–Kier alpha value is -2.91. The van der Waals surface area contributed by atoms with Gasteiger partial charge in [0.1, 0.15) is 0 Å². The van der Waals surface area contributed by atoms with Gasteiger partial charge in [-0.05, 0) is 60.0 Å².